The standard InChI is InChI=1S/C26H29N3O2/c1-2-31-26(30)24(25-27-15-18-29(25)20-22-9-5-3-6-10-22)19-21-11-13-23(14-12-21)28-16-7-4-8-17-28/h3,5-6,9-15,18-19H,2,4,7-8,16-17,20H2,1H3/b24-19+. The Kier molecular flexibility index (Phi) is 6.82. The first kappa shape index (κ1) is 20.9. The van der Waals surface area contributed by atoms with Gasteiger partial charge in [-0.25, -0.2) is 9.78 Å². The van der Waals surface area contributed by atoms with Crippen LogP contribution in [0, 0.1) is 0 Å². The van der Waals surface area contributed by atoms with Crippen LogP contribution < -0.4 is 4.90 Å². The first-order valence-electron chi connectivity index (χ1n) is 11.0. The molecule has 1 aromatic heterocycles. The Morgan fingerprint density at radius 3 is 2.48 bits per heavy atom. The highest BCUT2D eigenvalue weighted by Crippen LogP contribution is 2.24. The van der Waals surface area contributed by atoms with Crippen LogP contribution in [0.3, 0.4) is 0 Å². The lowest BCUT2D eigenvalue weighted by atomic mass is 10.1. The number of carbonyl (C=O) groups excluding carboxylic acids is 1. The van der Waals surface area contributed by atoms with E-state index in [0.717, 1.165) is 24.2 Å². The normalized spacial score (nSPS) is 14.5. The first-order chi connectivity index (χ1) is 15.2. The third kappa shape index (κ3) is 5.23. The van der Waals surface area contributed by atoms with Crippen LogP contribution in [0.1, 0.15) is 43.1 Å². The molecular formula is C26H29N3O2. The Balaban J connectivity index is 1.62. The largest absolute Gasteiger partial charge is 0.462 e. The van der Waals surface area contributed by atoms with E-state index in [2.05, 4.69) is 46.3 Å². The third-order valence-electron chi connectivity index (χ3n) is 5.57. The molecule has 1 fully saturated rings. The molecule has 0 atom stereocenters. The minimum absolute atomic E-state index is 0.323. The Hall–Kier alpha value is -3.34. The van der Waals surface area contributed by atoms with Crippen LogP contribution in [0.4, 0.5) is 5.69 Å². The fourth-order valence-corrected chi connectivity index (χ4v) is 3.98. The van der Waals surface area contributed by atoms with Gasteiger partial charge >= 0.3 is 5.97 Å². The maximum absolute atomic E-state index is 12.8. The molecule has 31 heavy (non-hydrogen) atoms. The van der Waals surface area contributed by atoms with Crippen LogP contribution >= 0.6 is 0 Å². The highest BCUT2D eigenvalue weighted by molar-refractivity contribution is 6.20. The van der Waals surface area contributed by atoms with Gasteiger partial charge in [-0.15, -0.1) is 0 Å². The van der Waals surface area contributed by atoms with Crippen molar-refractivity contribution in [2.45, 2.75) is 32.7 Å². The lowest BCUT2D eigenvalue weighted by Crippen LogP contribution is -2.29. The molecule has 1 saturated heterocycles. The number of imidazole rings is 1. The maximum Gasteiger partial charge on any atom is 0.341 e. The number of aromatic nitrogens is 2. The van der Waals surface area contributed by atoms with Gasteiger partial charge in [0.1, 0.15) is 11.4 Å². The summed E-state index contributed by atoms with van der Waals surface area (Å²) in [5.41, 5.74) is 3.81. The molecule has 0 aliphatic carbocycles. The Bertz CT molecular complexity index is 1020. The van der Waals surface area contributed by atoms with Crippen molar-refractivity contribution in [3.05, 3.63) is 83.9 Å². The molecule has 0 spiro atoms. The quantitative estimate of drug-likeness (QED) is 0.401. The number of carbonyl (C=O) groups is 1. The van der Waals surface area contributed by atoms with Gasteiger partial charge in [-0.05, 0) is 55.5 Å². The van der Waals surface area contributed by atoms with Crippen molar-refractivity contribution >= 4 is 23.3 Å². The van der Waals surface area contributed by atoms with Gasteiger partial charge in [0.25, 0.3) is 0 Å². The molecule has 5 nitrogen and oxygen atoms in total. The molecule has 4 rings (SSSR count). The van der Waals surface area contributed by atoms with Crippen molar-refractivity contribution in [2.24, 2.45) is 0 Å². The van der Waals surface area contributed by atoms with E-state index in [-0.39, 0.29) is 5.97 Å². The molecular weight excluding hydrogens is 386 g/mol. The molecule has 0 radical (unpaired) electrons. The molecule has 1 aliphatic heterocycles. The smallest absolute Gasteiger partial charge is 0.341 e. The lowest BCUT2D eigenvalue weighted by molar-refractivity contribution is -0.136. The number of piperidine rings is 1. The monoisotopic (exact) mass is 415 g/mol. The second-order valence-electron chi connectivity index (χ2n) is 7.78. The topological polar surface area (TPSA) is 47.4 Å². The third-order valence-corrected chi connectivity index (χ3v) is 5.57. The van der Waals surface area contributed by atoms with Gasteiger partial charge in [-0.2, -0.15) is 0 Å². The van der Waals surface area contributed by atoms with Crippen LogP contribution in [-0.4, -0.2) is 35.2 Å². The fraction of sp³-hybridized carbons (Fsp3) is 0.308. The average Bonchev–Trinajstić information content (AvgIpc) is 3.27. The van der Waals surface area contributed by atoms with E-state index in [1.54, 1.807) is 6.20 Å². The van der Waals surface area contributed by atoms with Crippen LogP contribution in [0.15, 0.2) is 67.0 Å². The van der Waals surface area contributed by atoms with Gasteiger partial charge in [-0.1, -0.05) is 42.5 Å². The number of anilines is 1. The Labute approximate surface area is 184 Å². The highest BCUT2D eigenvalue weighted by atomic mass is 16.5. The summed E-state index contributed by atoms with van der Waals surface area (Å²) in [6.45, 7) is 5.00. The number of ether oxygens (including phenoxy) is 1. The SMILES string of the molecule is CCOC(=O)/C(=C/c1ccc(N2CCCCC2)cc1)c1nccn1Cc1ccccc1. The molecule has 2 heterocycles. The summed E-state index contributed by atoms with van der Waals surface area (Å²) in [7, 11) is 0. The van der Waals surface area contributed by atoms with E-state index in [1.165, 1.54) is 24.9 Å². The fourth-order valence-electron chi connectivity index (χ4n) is 3.98. The van der Waals surface area contributed by atoms with Gasteiger partial charge in [0.05, 0.1) is 6.61 Å². The molecule has 3 aromatic rings. The summed E-state index contributed by atoms with van der Waals surface area (Å²) in [4.78, 5) is 19.7. The first-order valence-corrected chi connectivity index (χ1v) is 11.0. The van der Waals surface area contributed by atoms with Gasteiger partial charge in [-0.3, -0.25) is 0 Å². The van der Waals surface area contributed by atoms with Crippen LogP contribution in [0.25, 0.3) is 11.6 Å². The highest BCUT2D eigenvalue weighted by Gasteiger charge is 2.19. The zero-order chi connectivity index (χ0) is 21.5. The Morgan fingerprint density at radius 2 is 1.77 bits per heavy atom. The number of rotatable bonds is 7. The number of nitrogens with zero attached hydrogens (tertiary/aromatic N) is 3. The molecule has 160 valence electrons. The average molecular weight is 416 g/mol. The molecule has 0 N–H and O–H groups in total. The minimum Gasteiger partial charge on any atom is -0.462 e. The van der Waals surface area contributed by atoms with E-state index >= 15 is 0 Å². The molecule has 0 bridgehead atoms. The van der Waals surface area contributed by atoms with Gasteiger partial charge in [0, 0.05) is 37.7 Å². The van der Waals surface area contributed by atoms with Crippen molar-refractivity contribution in [1.29, 1.82) is 0 Å². The van der Waals surface area contributed by atoms with E-state index in [0.29, 0.717) is 24.5 Å². The van der Waals surface area contributed by atoms with Crippen LogP contribution in [0.5, 0.6) is 0 Å². The summed E-state index contributed by atoms with van der Waals surface area (Å²) in [6, 6.07) is 18.5. The van der Waals surface area contributed by atoms with E-state index in [1.807, 2.05) is 42.0 Å². The molecule has 5 heteroatoms. The van der Waals surface area contributed by atoms with Crippen molar-refractivity contribution < 1.29 is 9.53 Å². The predicted octanol–water partition coefficient (Wildman–Crippen LogP) is 5.03. The van der Waals surface area contributed by atoms with Gasteiger partial charge < -0.3 is 14.2 Å². The van der Waals surface area contributed by atoms with E-state index in [9.17, 15) is 4.79 Å². The second-order valence-corrected chi connectivity index (χ2v) is 7.78. The summed E-state index contributed by atoms with van der Waals surface area (Å²) in [6.07, 6.45) is 9.31. The zero-order valence-electron chi connectivity index (χ0n) is 18.0. The van der Waals surface area contributed by atoms with Crippen molar-refractivity contribution in [3.63, 3.8) is 0 Å². The van der Waals surface area contributed by atoms with E-state index < -0.39 is 0 Å². The van der Waals surface area contributed by atoms with Crippen molar-refractivity contribution in [1.82, 2.24) is 9.55 Å². The number of esters is 1. The summed E-state index contributed by atoms with van der Waals surface area (Å²) in [5, 5.41) is 0. The summed E-state index contributed by atoms with van der Waals surface area (Å²) in [5.74, 6) is 0.255. The van der Waals surface area contributed by atoms with Gasteiger partial charge in [0.2, 0.25) is 0 Å². The minimum atomic E-state index is -0.358. The van der Waals surface area contributed by atoms with Crippen LogP contribution in [-0.2, 0) is 16.1 Å². The molecule has 1 aliphatic rings. The Morgan fingerprint density at radius 1 is 1.03 bits per heavy atom. The summed E-state index contributed by atoms with van der Waals surface area (Å²) >= 11 is 0. The van der Waals surface area contributed by atoms with E-state index in [4.69, 9.17) is 4.74 Å². The number of benzene rings is 2. The summed E-state index contributed by atoms with van der Waals surface area (Å²) < 4.78 is 7.34. The van der Waals surface area contributed by atoms with Gasteiger partial charge in [0.15, 0.2) is 0 Å². The predicted molar refractivity (Wildman–Crippen MR) is 125 cm³/mol. The number of hydrogen-bond donors (Lipinski definition) is 0. The molecule has 0 unspecified atom stereocenters. The lowest BCUT2D eigenvalue weighted by Gasteiger charge is -2.28. The van der Waals surface area contributed by atoms with Crippen molar-refractivity contribution in [2.75, 3.05) is 24.6 Å². The zero-order valence-corrected chi connectivity index (χ0v) is 18.0. The van der Waals surface area contributed by atoms with Crippen molar-refractivity contribution in [3.8, 4) is 0 Å². The molecule has 2 aromatic carbocycles. The second kappa shape index (κ2) is 10.1. The molecule has 0 saturated carbocycles. The van der Waals surface area contributed by atoms with Crippen LogP contribution in [0.2, 0.25) is 0 Å². The maximum atomic E-state index is 12.8. The molecule has 0 amide bonds. The number of hydrogen-bond acceptors (Lipinski definition) is 4.